The van der Waals surface area contributed by atoms with Crippen molar-refractivity contribution in [2.45, 2.75) is 38.2 Å². The number of alkyl halides is 2. The van der Waals surface area contributed by atoms with E-state index in [0.717, 1.165) is 22.3 Å². The average Bonchev–Trinajstić information content (AvgIpc) is 3.34. The van der Waals surface area contributed by atoms with Crippen molar-refractivity contribution in [3.63, 3.8) is 0 Å². The Labute approximate surface area is 202 Å². The van der Waals surface area contributed by atoms with Crippen LogP contribution in [0, 0.1) is 11.8 Å². The fourth-order valence-electron chi connectivity index (χ4n) is 5.04. The third-order valence-electron chi connectivity index (χ3n) is 6.90. The highest BCUT2D eigenvalue weighted by Gasteiger charge is 2.36. The Kier molecular flexibility index (Phi) is 7.33. The fraction of sp³-hybridized carbons (Fsp3) is 0.423. The highest BCUT2D eigenvalue weighted by molar-refractivity contribution is 5.80. The van der Waals surface area contributed by atoms with E-state index in [1.54, 1.807) is 0 Å². The van der Waals surface area contributed by atoms with Crippen LogP contribution in [0.3, 0.4) is 0 Å². The second kappa shape index (κ2) is 10.4. The van der Waals surface area contributed by atoms with Gasteiger partial charge < -0.3 is 20.1 Å². The van der Waals surface area contributed by atoms with Crippen LogP contribution in [0.15, 0.2) is 48.5 Å². The van der Waals surface area contributed by atoms with Crippen LogP contribution in [0.1, 0.15) is 36.8 Å². The first kappa shape index (κ1) is 24.6. The van der Waals surface area contributed by atoms with E-state index >= 15 is 0 Å². The van der Waals surface area contributed by atoms with Crippen LogP contribution in [0.5, 0.6) is 0 Å². The first-order valence-electron chi connectivity index (χ1n) is 11.6. The molecule has 2 aromatic rings. The number of alkyl carbamates (subject to hydrolysis) is 1. The summed E-state index contributed by atoms with van der Waals surface area (Å²) in [4.78, 5) is 37.4. The quantitative estimate of drug-likeness (QED) is 0.585. The van der Waals surface area contributed by atoms with Gasteiger partial charge in [-0.2, -0.15) is 0 Å². The van der Waals surface area contributed by atoms with E-state index in [2.05, 4.69) is 5.32 Å². The molecule has 0 radical (unpaired) electrons. The van der Waals surface area contributed by atoms with Gasteiger partial charge in [-0.05, 0) is 34.1 Å². The minimum atomic E-state index is -2.96. The number of carbonyl (C=O) groups excluding carboxylic acids is 2. The SMILES string of the molecule is C[C@@H]1CN(C(=O)CC(NC(=O)OCC2c3ccccc3-c3ccccc32)C(F)F)C[C@H]1CC(=O)O. The molecule has 0 bridgehead atoms. The van der Waals surface area contributed by atoms with Crippen molar-refractivity contribution in [2.75, 3.05) is 19.7 Å². The monoisotopic (exact) mass is 486 g/mol. The van der Waals surface area contributed by atoms with Gasteiger partial charge in [-0.3, -0.25) is 9.59 Å². The predicted molar refractivity (Wildman–Crippen MR) is 124 cm³/mol. The molecular formula is C26H28F2N2O5. The van der Waals surface area contributed by atoms with Crippen LogP contribution in [0.4, 0.5) is 13.6 Å². The highest BCUT2D eigenvalue weighted by atomic mass is 19.3. The predicted octanol–water partition coefficient (Wildman–Crippen LogP) is 4.12. The molecule has 7 nitrogen and oxygen atoms in total. The number of fused-ring (bicyclic) bond motifs is 3. The number of halogens is 2. The number of hydrogen-bond acceptors (Lipinski definition) is 4. The molecule has 2 N–H and O–H groups in total. The molecule has 186 valence electrons. The van der Waals surface area contributed by atoms with Gasteiger partial charge in [0.25, 0.3) is 6.43 Å². The van der Waals surface area contributed by atoms with Crippen LogP contribution < -0.4 is 5.32 Å². The largest absolute Gasteiger partial charge is 0.481 e. The van der Waals surface area contributed by atoms with E-state index in [4.69, 9.17) is 9.84 Å². The molecule has 2 aromatic carbocycles. The number of carboxylic acid groups (broad SMARTS) is 1. The smallest absolute Gasteiger partial charge is 0.407 e. The van der Waals surface area contributed by atoms with Crippen molar-refractivity contribution >= 4 is 18.0 Å². The molecule has 35 heavy (non-hydrogen) atoms. The number of rotatable bonds is 8. The van der Waals surface area contributed by atoms with Crippen molar-refractivity contribution in [3.05, 3.63) is 59.7 Å². The third-order valence-corrected chi connectivity index (χ3v) is 6.90. The summed E-state index contributed by atoms with van der Waals surface area (Å²) in [5, 5.41) is 11.2. The lowest BCUT2D eigenvalue weighted by Gasteiger charge is -2.22. The number of aliphatic carboxylic acids is 1. The summed E-state index contributed by atoms with van der Waals surface area (Å²) in [6.07, 6.45) is -4.65. The van der Waals surface area contributed by atoms with Gasteiger partial charge in [0.15, 0.2) is 0 Å². The summed E-state index contributed by atoms with van der Waals surface area (Å²) < 4.78 is 32.6. The van der Waals surface area contributed by atoms with Crippen LogP contribution in [0.2, 0.25) is 0 Å². The number of carboxylic acids is 1. The Morgan fingerprint density at radius 3 is 2.23 bits per heavy atom. The zero-order valence-electron chi connectivity index (χ0n) is 19.3. The zero-order valence-corrected chi connectivity index (χ0v) is 19.3. The third kappa shape index (κ3) is 5.44. The summed E-state index contributed by atoms with van der Waals surface area (Å²) in [7, 11) is 0. The second-order valence-corrected chi connectivity index (χ2v) is 9.25. The minimum Gasteiger partial charge on any atom is -0.481 e. The summed E-state index contributed by atoms with van der Waals surface area (Å²) >= 11 is 0. The second-order valence-electron chi connectivity index (χ2n) is 9.25. The fourth-order valence-corrected chi connectivity index (χ4v) is 5.04. The molecular weight excluding hydrogens is 458 g/mol. The minimum absolute atomic E-state index is 0.0235. The standard InChI is InChI=1S/C26H28F2N2O5/c1-15-12-30(13-16(15)10-24(32)33)23(31)11-22(25(27)28)29-26(34)35-14-21-19-8-4-2-6-17(19)18-7-3-5-9-20(18)21/h2-9,15-16,21-22,25H,10-14H2,1H3,(H,29,34)(H,32,33)/t15-,16-,22?/m1/s1. The van der Waals surface area contributed by atoms with Gasteiger partial charge in [0.1, 0.15) is 12.6 Å². The first-order chi connectivity index (χ1) is 16.7. The number of amides is 2. The van der Waals surface area contributed by atoms with Gasteiger partial charge in [-0.15, -0.1) is 0 Å². The number of nitrogens with zero attached hydrogens (tertiary/aromatic N) is 1. The van der Waals surface area contributed by atoms with Crippen molar-refractivity contribution in [2.24, 2.45) is 11.8 Å². The van der Waals surface area contributed by atoms with Crippen molar-refractivity contribution in [1.29, 1.82) is 0 Å². The Morgan fingerprint density at radius 1 is 1.06 bits per heavy atom. The molecule has 1 heterocycles. The molecule has 1 saturated heterocycles. The molecule has 4 rings (SSSR count). The van der Waals surface area contributed by atoms with Crippen LogP contribution in [0.25, 0.3) is 11.1 Å². The Morgan fingerprint density at radius 2 is 1.66 bits per heavy atom. The molecule has 2 aliphatic rings. The van der Waals surface area contributed by atoms with Crippen molar-refractivity contribution < 1.29 is 33.0 Å². The molecule has 1 aliphatic heterocycles. The number of likely N-dealkylation sites (tertiary alicyclic amines) is 1. The van der Waals surface area contributed by atoms with E-state index < -0.39 is 36.9 Å². The Hall–Kier alpha value is -3.49. The molecule has 1 unspecified atom stereocenters. The van der Waals surface area contributed by atoms with E-state index in [1.165, 1.54) is 4.90 Å². The van der Waals surface area contributed by atoms with Gasteiger partial charge in [0, 0.05) is 19.0 Å². The van der Waals surface area contributed by atoms with Gasteiger partial charge in [-0.1, -0.05) is 55.5 Å². The van der Waals surface area contributed by atoms with E-state index in [9.17, 15) is 23.2 Å². The molecule has 3 atom stereocenters. The summed E-state index contributed by atoms with van der Waals surface area (Å²) in [5.41, 5.74) is 4.10. The summed E-state index contributed by atoms with van der Waals surface area (Å²) in [5.74, 6) is -1.99. The zero-order chi connectivity index (χ0) is 25.1. The maximum Gasteiger partial charge on any atom is 0.407 e. The van der Waals surface area contributed by atoms with E-state index in [-0.39, 0.29) is 37.3 Å². The van der Waals surface area contributed by atoms with E-state index in [1.807, 2.05) is 55.5 Å². The highest BCUT2D eigenvalue weighted by Crippen LogP contribution is 2.44. The molecule has 0 aromatic heterocycles. The summed E-state index contributed by atoms with van der Waals surface area (Å²) in [6, 6.07) is 13.9. The van der Waals surface area contributed by atoms with Gasteiger partial charge >= 0.3 is 12.1 Å². The number of nitrogens with one attached hydrogen (secondary N) is 1. The number of carbonyl (C=O) groups is 3. The number of benzene rings is 2. The topological polar surface area (TPSA) is 95.9 Å². The average molecular weight is 487 g/mol. The van der Waals surface area contributed by atoms with Crippen LogP contribution in [-0.2, 0) is 14.3 Å². The molecule has 0 saturated carbocycles. The lowest BCUT2D eigenvalue weighted by Crippen LogP contribution is -2.44. The lowest BCUT2D eigenvalue weighted by molar-refractivity contribution is -0.138. The maximum atomic E-state index is 13.6. The van der Waals surface area contributed by atoms with Gasteiger partial charge in [0.05, 0.1) is 12.8 Å². The van der Waals surface area contributed by atoms with Crippen LogP contribution >= 0.6 is 0 Å². The normalized spacial score (nSPS) is 19.8. The van der Waals surface area contributed by atoms with Crippen molar-refractivity contribution in [3.8, 4) is 11.1 Å². The Bertz CT molecular complexity index is 1060. The molecule has 1 aliphatic carbocycles. The first-order valence-corrected chi connectivity index (χ1v) is 11.6. The molecule has 0 spiro atoms. The molecule has 9 heteroatoms. The van der Waals surface area contributed by atoms with E-state index in [0.29, 0.717) is 6.54 Å². The molecule has 1 fully saturated rings. The lowest BCUT2D eigenvalue weighted by atomic mass is 9.95. The molecule has 2 amide bonds. The van der Waals surface area contributed by atoms with Crippen molar-refractivity contribution in [1.82, 2.24) is 10.2 Å². The number of ether oxygens (including phenoxy) is 1. The maximum absolute atomic E-state index is 13.6. The van der Waals surface area contributed by atoms with Gasteiger partial charge in [-0.25, -0.2) is 13.6 Å². The Balaban J connectivity index is 1.34. The summed E-state index contributed by atoms with van der Waals surface area (Å²) in [6.45, 7) is 2.32. The van der Waals surface area contributed by atoms with Crippen LogP contribution in [-0.4, -0.2) is 60.1 Å². The van der Waals surface area contributed by atoms with Gasteiger partial charge in [0.2, 0.25) is 5.91 Å². The number of hydrogen-bond donors (Lipinski definition) is 2.